The highest BCUT2D eigenvalue weighted by Gasteiger charge is 2.18. The second kappa shape index (κ2) is 7.07. The van der Waals surface area contributed by atoms with Gasteiger partial charge < -0.3 is 5.32 Å². The van der Waals surface area contributed by atoms with E-state index in [1.165, 1.54) is 0 Å². The SMILES string of the molecule is C[C@@H](NCCS(=O)(=O)c1ccc(C(C)(C)C)cc1)c1cnn(C)c1. The van der Waals surface area contributed by atoms with Gasteiger partial charge >= 0.3 is 0 Å². The van der Waals surface area contributed by atoms with Crippen molar-refractivity contribution >= 4 is 9.84 Å². The van der Waals surface area contributed by atoms with Crippen LogP contribution in [0.15, 0.2) is 41.6 Å². The summed E-state index contributed by atoms with van der Waals surface area (Å²) in [6, 6.07) is 7.29. The summed E-state index contributed by atoms with van der Waals surface area (Å²) >= 11 is 0. The molecule has 6 heteroatoms. The molecule has 0 aliphatic heterocycles. The molecular formula is C18H27N3O2S. The molecule has 0 fully saturated rings. The Bertz CT molecular complexity index is 771. The second-order valence-corrected chi connectivity index (χ2v) is 9.33. The fraction of sp³-hybridized carbons (Fsp3) is 0.500. The number of aryl methyl sites for hydroxylation is 1. The number of benzene rings is 1. The van der Waals surface area contributed by atoms with Gasteiger partial charge in [0, 0.05) is 31.4 Å². The third-order valence-electron chi connectivity index (χ3n) is 4.13. The van der Waals surface area contributed by atoms with Crippen molar-refractivity contribution in [1.82, 2.24) is 15.1 Å². The summed E-state index contributed by atoms with van der Waals surface area (Å²) in [7, 11) is -1.42. The first-order chi connectivity index (χ1) is 11.1. The summed E-state index contributed by atoms with van der Waals surface area (Å²) in [6.45, 7) is 8.74. The molecular weight excluding hydrogens is 322 g/mol. The van der Waals surface area contributed by atoms with Crippen molar-refractivity contribution in [3.05, 3.63) is 47.8 Å². The van der Waals surface area contributed by atoms with Gasteiger partial charge in [-0.25, -0.2) is 8.42 Å². The zero-order valence-electron chi connectivity index (χ0n) is 15.1. The molecule has 1 atom stereocenters. The molecule has 1 N–H and O–H groups in total. The minimum Gasteiger partial charge on any atom is -0.309 e. The number of aromatic nitrogens is 2. The Morgan fingerprint density at radius 2 is 1.83 bits per heavy atom. The molecule has 1 aromatic carbocycles. The monoisotopic (exact) mass is 349 g/mol. The molecule has 0 unspecified atom stereocenters. The van der Waals surface area contributed by atoms with Crippen molar-refractivity contribution in [2.24, 2.45) is 7.05 Å². The Balaban J connectivity index is 1.96. The van der Waals surface area contributed by atoms with E-state index in [0.29, 0.717) is 11.4 Å². The first-order valence-corrected chi connectivity index (χ1v) is 9.80. The van der Waals surface area contributed by atoms with Crippen LogP contribution in [0.3, 0.4) is 0 Å². The highest BCUT2D eigenvalue weighted by atomic mass is 32.2. The van der Waals surface area contributed by atoms with Gasteiger partial charge in [-0.1, -0.05) is 32.9 Å². The fourth-order valence-electron chi connectivity index (χ4n) is 2.47. The molecule has 0 bridgehead atoms. The summed E-state index contributed by atoms with van der Waals surface area (Å²) in [6.07, 6.45) is 3.72. The molecule has 24 heavy (non-hydrogen) atoms. The zero-order chi connectivity index (χ0) is 18.0. The lowest BCUT2D eigenvalue weighted by molar-refractivity contribution is 0.571. The Labute approximate surface area is 145 Å². The van der Waals surface area contributed by atoms with E-state index in [-0.39, 0.29) is 17.2 Å². The van der Waals surface area contributed by atoms with Crippen molar-refractivity contribution in [2.75, 3.05) is 12.3 Å². The Kier molecular flexibility index (Phi) is 5.50. The first-order valence-electron chi connectivity index (χ1n) is 8.15. The summed E-state index contributed by atoms with van der Waals surface area (Å²) < 4.78 is 26.7. The van der Waals surface area contributed by atoms with Crippen LogP contribution in [0.4, 0.5) is 0 Å². The number of rotatable bonds is 6. The third-order valence-corrected chi connectivity index (χ3v) is 5.86. The largest absolute Gasteiger partial charge is 0.309 e. The molecule has 0 aliphatic carbocycles. The van der Waals surface area contributed by atoms with Crippen LogP contribution in [-0.2, 0) is 22.3 Å². The van der Waals surface area contributed by atoms with Crippen LogP contribution in [0.25, 0.3) is 0 Å². The van der Waals surface area contributed by atoms with Crippen LogP contribution >= 0.6 is 0 Å². The van der Waals surface area contributed by atoms with Gasteiger partial charge in [0.25, 0.3) is 0 Å². The number of hydrogen-bond donors (Lipinski definition) is 1. The number of nitrogens with zero attached hydrogens (tertiary/aromatic N) is 2. The number of hydrogen-bond acceptors (Lipinski definition) is 4. The molecule has 0 aliphatic rings. The average Bonchev–Trinajstić information content (AvgIpc) is 2.93. The second-order valence-electron chi connectivity index (χ2n) is 7.22. The molecule has 0 radical (unpaired) electrons. The predicted octanol–water partition coefficient (Wildman–Crippen LogP) is 2.84. The summed E-state index contributed by atoms with van der Waals surface area (Å²) in [4.78, 5) is 0.381. The Morgan fingerprint density at radius 1 is 1.21 bits per heavy atom. The van der Waals surface area contributed by atoms with Gasteiger partial charge in [0.15, 0.2) is 9.84 Å². The van der Waals surface area contributed by atoms with Gasteiger partial charge in [0.1, 0.15) is 0 Å². The van der Waals surface area contributed by atoms with Gasteiger partial charge in [0.05, 0.1) is 16.8 Å². The lowest BCUT2D eigenvalue weighted by Gasteiger charge is -2.19. The van der Waals surface area contributed by atoms with E-state index in [0.717, 1.165) is 11.1 Å². The highest BCUT2D eigenvalue weighted by molar-refractivity contribution is 7.91. The van der Waals surface area contributed by atoms with Crippen molar-refractivity contribution in [3.63, 3.8) is 0 Å². The van der Waals surface area contributed by atoms with E-state index in [4.69, 9.17) is 0 Å². The Hall–Kier alpha value is -1.66. The maximum atomic E-state index is 12.5. The van der Waals surface area contributed by atoms with Gasteiger partial charge in [-0.3, -0.25) is 4.68 Å². The average molecular weight is 350 g/mol. The maximum absolute atomic E-state index is 12.5. The molecule has 0 saturated carbocycles. The van der Waals surface area contributed by atoms with Gasteiger partial charge in [-0.2, -0.15) is 5.10 Å². The number of sulfone groups is 1. The van der Waals surface area contributed by atoms with Gasteiger partial charge in [-0.15, -0.1) is 0 Å². The molecule has 5 nitrogen and oxygen atoms in total. The minimum atomic E-state index is -3.28. The van der Waals surface area contributed by atoms with Crippen LogP contribution in [0, 0.1) is 0 Å². The molecule has 132 valence electrons. The van der Waals surface area contributed by atoms with Gasteiger partial charge in [0.2, 0.25) is 0 Å². The van der Waals surface area contributed by atoms with Crippen LogP contribution in [0.1, 0.15) is 44.9 Å². The minimum absolute atomic E-state index is 0.0169. The van der Waals surface area contributed by atoms with Crippen LogP contribution < -0.4 is 5.32 Å². The highest BCUT2D eigenvalue weighted by Crippen LogP contribution is 2.23. The van der Waals surface area contributed by atoms with Crippen LogP contribution in [0.5, 0.6) is 0 Å². The smallest absolute Gasteiger partial charge is 0.179 e. The topological polar surface area (TPSA) is 64.0 Å². The van der Waals surface area contributed by atoms with Crippen molar-refractivity contribution in [3.8, 4) is 0 Å². The number of nitrogens with one attached hydrogen (secondary N) is 1. The summed E-state index contributed by atoms with van der Waals surface area (Å²) in [5.41, 5.74) is 2.19. The van der Waals surface area contributed by atoms with E-state index in [1.54, 1.807) is 23.0 Å². The van der Waals surface area contributed by atoms with Gasteiger partial charge in [-0.05, 0) is 30.0 Å². The lowest BCUT2D eigenvalue weighted by atomic mass is 9.87. The molecule has 1 aromatic heterocycles. The van der Waals surface area contributed by atoms with E-state index in [2.05, 4.69) is 31.2 Å². The van der Waals surface area contributed by atoms with E-state index < -0.39 is 9.84 Å². The summed E-state index contributed by atoms with van der Waals surface area (Å²) in [5.74, 6) is 0.0759. The normalized spacial score (nSPS) is 13.9. The lowest BCUT2D eigenvalue weighted by Crippen LogP contribution is -2.25. The van der Waals surface area contributed by atoms with E-state index >= 15 is 0 Å². The molecule has 2 aromatic rings. The van der Waals surface area contributed by atoms with Crippen molar-refractivity contribution in [2.45, 2.75) is 44.0 Å². The van der Waals surface area contributed by atoms with Crippen LogP contribution in [-0.4, -0.2) is 30.5 Å². The first kappa shape index (κ1) is 18.7. The van der Waals surface area contributed by atoms with Crippen LogP contribution in [0.2, 0.25) is 0 Å². The maximum Gasteiger partial charge on any atom is 0.179 e. The van der Waals surface area contributed by atoms with E-state index in [1.807, 2.05) is 32.3 Å². The fourth-order valence-corrected chi connectivity index (χ4v) is 3.64. The quantitative estimate of drug-likeness (QED) is 0.871. The van der Waals surface area contributed by atoms with E-state index in [9.17, 15) is 8.42 Å². The Morgan fingerprint density at radius 3 is 2.33 bits per heavy atom. The van der Waals surface area contributed by atoms with Crippen molar-refractivity contribution < 1.29 is 8.42 Å². The van der Waals surface area contributed by atoms with Crippen molar-refractivity contribution in [1.29, 1.82) is 0 Å². The molecule has 1 heterocycles. The molecule has 0 saturated heterocycles. The standard InChI is InChI=1S/C18H27N3O2S/c1-14(15-12-20-21(5)13-15)19-10-11-24(22,23)17-8-6-16(7-9-17)18(2,3)4/h6-9,12-14,19H,10-11H2,1-5H3/t14-/m1/s1. The molecule has 0 spiro atoms. The molecule has 2 rings (SSSR count). The molecule has 0 amide bonds. The third kappa shape index (κ3) is 4.68. The summed E-state index contributed by atoms with van der Waals surface area (Å²) in [5, 5.41) is 7.37. The predicted molar refractivity (Wildman–Crippen MR) is 96.8 cm³/mol. The zero-order valence-corrected chi connectivity index (χ0v) is 15.9.